The first-order chi connectivity index (χ1) is 9.91. The lowest BCUT2D eigenvalue weighted by Crippen LogP contribution is -2.23. The zero-order chi connectivity index (χ0) is 15.5. The Balaban J connectivity index is 2.31. The van der Waals surface area contributed by atoms with Gasteiger partial charge in [0.1, 0.15) is 0 Å². The smallest absolute Gasteiger partial charge is 0.200 e. The summed E-state index contributed by atoms with van der Waals surface area (Å²) in [6, 6.07) is 16.2. The molecule has 5 heteroatoms. The molecule has 0 aliphatic carbocycles. The van der Waals surface area contributed by atoms with Crippen molar-refractivity contribution in [3.63, 3.8) is 0 Å². The average molecular weight is 302 g/mol. The summed E-state index contributed by atoms with van der Waals surface area (Å²) in [5, 5.41) is 4.18. The molecular formula is C16H18N2O2S. The number of rotatable bonds is 4. The second kappa shape index (κ2) is 6.10. The molecule has 0 saturated heterocycles. The van der Waals surface area contributed by atoms with Gasteiger partial charge in [-0.1, -0.05) is 48.0 Å². The van der Waals surface area contributed by atoms with Gasteiger partial charge in [0.15, 0.2) is 0 Å². The third kappa shape index (κ3) is 3.49. The fourth-order valence-electron chi connectivity index (χ4n) is 1.86. The number of hydrogen-bond donors (Lipinski definition) is 0. The second-order valence-electron chi connectivity index (χ2n) is 4.80. The van der Waals surface area contributed by atoms with E-state index in [0.717, 1.165) is 15.5 Å². The Kier molecular flexibility index (Phi) is 4.43. The highest BCUT2D eigenvalue weighted by atomic mass is 32.2. The van der Waals surface area contributed by atoms with Crippen LogP contribution in [0, 0.1) is 6.92 Å². The van der Waals surface area contributed by atoms with Gasteiger partial charge in [-0.05, 0) is 31.5 Å². The van der Waals surface area contributed by atoms with Crippen LogP contribution in [0.25, 0.3) is 0 Å². The summed E-state index contributed by atoms with van der Waals surface area (Å²) in [6.45, 7) is 3.70. The third-order valence-corrected chi connectivity index (χ3v) is 4.79. The minimum Gasteiger partial charge on any atom is -0.200 e. The van der Waals surface area contributed by atoms with Crippen LogP contribution in [0.1, 0.15) is 18.1 Å². The SMILES string of the molecule is CC(=NN(C)S(=O)(=O)c1ccc(C)cc1)c1ccccc1. The molecule has 0 spiro atoms. The molecule has 2 rings (SSSR count). The number of hydrogen-bond acceptors (Lipinski definition) is 3. The van der Waals surface area contributed by atoms with Gasteiger partial charge >= 0.3 is 0 Å². The monoisotopic (exact) mass is 302 g/mol. The molecule has 0 atom stereocenters. The molecule has 0 N–H and O–H groups in total. The molecule has 21 heavy (non-hydrogen) atoms. The Morgan fingerprint density at radius 2 is 1.57 bits per heavy atom. The maximum absolute atomic E-state index is 12.4. The normalized spacial score (nSPS) is 12.2. The molecule has 0 radical (unpaired) electrons. The van der Waals surface area contributed by atoms with Crippen LogP contribution in [-0.4, -0.2) is 25.6 Å². The van der Waals surface area contributed by atoms with Gasteiger partial charge < -0.3 is 0 Å². The molecule has 0 aliphatic rings. The van der Waals surface area contributed by atoms with E-state index in [1.165, 1.54) is 7.05 Å². The molecule has 0 aromatic heterocycles. The Bertz CT molecular complexity index is 736. The van der Waals surface area contributed by atoms with Gasteiger partial charge in [0, 0.05) is 7.05 Å². The van der Waals surface area contributed by atoms with E-state index >= 15 is 0 Å². The van der Waals surface area contributed by atoms with Crippen molar-refractivity contribution in [2.45, 2.75) is 18.7 Å². The lowest BCUT2D eigenvalue weighted by atomic mass is 10.1. The Morgan fingerprint density at radius 1 is 1.00 bits per heavy atom. The number of hydrazone groups is 1. The van der Waals surface area contributed by atoms with Crippen molar-refractivity contribution in [3.8, 4) is 0 Å². The first-order valence-corrected chi connectivity index (χ1v) is 8.01. The molecule has 2 aromatic rings. The summed E-state index contributed by atoms with van der Waals surface area (Å²) < 4.78 is 25.9. The Morgan fingerprint density at radius 3 is 2.14 bits per heavy atom. The van der Waals surface area contributed by atoms with E-state index in [4.69, 9.17) is 0 Å². The van der Waals surface area contributed by atoms with E-state index in [1.54, 1.807) is 31.2 Å². The first-order valence-electron chi connectivity index (χ1n) is 6.57. The van der Waals surface area contributed by atoms with Gasteiger partial charge in [-0.2, -0.15) is 17.9 Å². The highest BCUT2D eigenvalue weighted by Crippen LogP contribution is 2.16. The number of sulfonamides is 1. The predicted octanol–water partition coefficient (Wildman–Crippen LogP) is 3.04. The van der Waals surface area contributed by atoms with Gasteiger partial charge in [0.2, 0.25) is 0 Å². The molecule has 0 amide bonds. The van der Waals surface area contributed by atoms with Crippen molar-refractivity contribution in [1.82, 2.24) is 4.41 Å². The lowest BCUT2D eigenvalue weighted by Gasteiger charge is -2.15. The van der Waals surface area contributed by atoms with Crippen LogP contribution in [-0.2, 0) is 10.0 Å². The van der Waals surface area contributed by atoms with Gasteiger partial charge in [-0.3, -0.25) is 0 Å². The first kappa shape index (κ1) is 15.3. The maximum atomic E-state index is 12.4. The van der Waals surface area contributed by atoms with Crippen molar-refractivity contribution in [2.24, 2.45) is 5.10 Å². The Hall–Kier alpha value is -2.14. The predicted molar refractivity (Wildman–Crippen MR) is 84.8 cm³/mol. The van der Waals surface area contributed by atoms with Crippen molar-refractivity contribution in [1.29, 1.82) is 0 Å². The highest BCUT2D eigenvalue weighted by Gasteiger charge is 2.19. The van der Waals surface area contributed by atoms with Crippen LogP contribution in [0.4, 0.5) is 0 Å². The van der Waals surface area contributed by atoms with Gasteiger partial charge in [0.25, 0.3) is 10.0 Å². The quantitative estimate of drug-likeness (QED) is 0.644. The standard InChI is InChI=1S/C16H18N2O2S/c1-13-9-11-16(12-10-13)21(19,20)18(3)17-14(2)15-7-5-4-6-8-15/h4-12H,1-3H3. The zero-order valence-electron chi connectivity index (χ0n) is 12.3. The molecular weight excluding hydrogens is 284 g/mol. The minimum atomic E-state index is -3.61. The van der Waals surface area contributed by atoms with Crippen LogP contribution >= 0.6 is 0 Å². The minimum absolute atomic E-state index is 0.236. The maximum Gasteiger partial charge on any atom is 0.278 e. The summed E-state index contributed by atoms with van der Waals surface area (Å²) in [7, 11) is -2.17. The van der Waals surface area contributed by atoms with Crippen LogP contribution in [0.3, 0.4) is 0 Å². The van der Waals surface area contributed by atoms with Crippen LogP contribution in [0.5, 0.6) is 0 Å². The van der Waals surface area contributed by atoms with Gasteiger partial charge in [0.05, 0.1) is 10.6 Å². The molecule has 0 saturated carbocycles. The Labute approximate surface area is 125 Å². The lowest BCUT2D eigenvalue weighted by molar-refractivity contribution is 0.489. The summed E-state index contributed by atoms with van der Waals surface area (Å²) in [5.74, 6) is 0. The molecule has 0 aliphatic heterocycles. The average Bonchev–Trinajstić information content (AvgIpc) is 2.48. The molecule has 110 valence electrons. The topological polar surface area (TPSA) is 49.7 Å². The van der Waals surface area contributed by atoms with E-state index in [9.17, 15) is 8.42 Å². The number of benzene rings is 2. The van der Waals surface area contributed by atoms with Gasteiger partial charge in [-0.15, -0.1) is 0 Å². The van der Waals surface area contributed by atoms with E-state index in [2.05, 4.69) is 5.10 Å². The molecule has 0 unspecified atom stereocenters. The summed E-state index contributed by atoms with van der Waals surface area (Å²) in [6.07, 6.45) is 0. The van der Waals surface area contributed by atoms with Crippen molar-refractivity contribution in [3.05, 3.63) is 65.7 Å². The van der Waals surface area contributed by atoms with Crippen molar-refractivity contribution in [2.75, 3.05) is 7.05 Å². The van der Waals surface area contributed by atoms with Crippen molar-refractivity contribution < 1.29 is 8.42 Å². The molecule has 0 heterocycles. The molecule has 4 nitrogen and oxygen atoms in total. The van der Waals surface area contributed by atoms with E-state index in [1.807, 2.05) is 37.3 Å². The van der Waals surface area contributed by atoms with E-state index in [-0.39, 0.29) is 4.90 Å². The third-order valence-electron chi connectivity index (χ3n) is 3.15. The number of nitrogens with zero attached hydrogens (tertiary/aromatic N) is 2. The van der Waals surface area contributed by atoms with Crippen molar-refractivity contribution >= 4 is 15.7 Å². The fourth-order valence-corrected chi connectivity index (χ4v) is 2.88. The summed E-state index contributed by atoms with van der Waals surface area (Å²) in [4.78, 5) is 0.236. The second-order valence-corrected chi connectivity index (χ2v) is 6.75. The van der Waals surface area contributed by atoms with E-state index in [0.29, 0.717) is 5.71 Å². The molecule has 0 fully saturated rings. The summed E-state index contributed by atoms with van der Waals surface area (Å²) in [5.41, 5.74) is 2.55. The fraction of sp³-hybridized carbons (Fsp3) is 0.188. The van der Waals surface area contributed by atoms with Crippen LogP contribution in [0.15, 0.2) is 64.6 Å². The highest BCUT2D eigenvalue weighted by molar-refractivity contribution is 7.89. The number of aryl methyl sites for hydroxylation is 1. The van der Waals surface area contributed by atoms with Crippen LogP contribution in [0.2, 0.25) is 0 Å². The molecule has 0 bridgehead atoms. The summed E-state index contributed by atoms with van der Waals surface area (Å²) >= 11 is 0. The van der Waals surface area contributed by atoms with Gasteiger partial charge in [-0.25, -0.2) is 0 Å². The van der Waals surface area contributed by atoms with E-state index < -0.39 is 10.0 Å². The molecule has 2 aromatic carbocycles. The zero-order valence-corrected chi connectivity index (χ0v) is 13.1. The largest absolute Gasteiger partial charge is 0.278 e. The van der Waals surface area contributed by atoms with Crippen LogP contribution < -0.4 is 0 Å².